The molecule has 15 heavy (non-hydrogen) atoms. The van der Waals surface area contributed by atoms with E-state index in [1.54, 1.807) is 11.6 Å². The summed E-state index contributed by atoms with van der Waals surface area (Å²) in [4.78, 5) is 23.7. The molecule has 0 fully saturated rings. The molecule has 0 saturated heterocycles. The Bertz CT molecular complexity index is 512. The van der Waals surface area contributed by atoms with Crippen molar-refractivity contribution in [2.45, 2.75) is 6.92 Å². The van der Waals surface area contributed by atoms with Crippen molar-refractivity contribution >= 4 is 33.0 Å². The van der Waals surface area contributed by atoms with E-state index in [1.165, 1.54) is 17.7 Å². The molecule has 0 aliphatic heterocycles. The molecular formula is C9H6BrN3OS. The van der Waals surface area contributed by atoms with Crippen molar-refractivity contribution in [2.75, 3.05) is 0 Å². The summed E-state index contributed by atoms with van der Waals surface area (Å²) < 4.78 is 0.584. The van der Waals surface area contributed by atoms with Crippen molar-refractivity contribution in [1.29, 1.82) is 0 Å². The number of ketones is 1. The third-order valence-corrected chi connectivity index (χ3v) is 3.09. The maximum Gasteiger partial charge on any atom is 0.231 e. The highest BCUT2D eigenvalue weighted by atomic mass is 79.9. The third-order valence-electron chi connectivity index (χ3n) is 1.73. The van der Waals surface area contributed by atoms with E-state index in [-0.39, 0.29) is 5.78 Å². The fourth-order valence-corrected chi connectivity index (χ4v) is 2.06. The number of nitrogens with zero attached hydrogens (tertiary/aromatic N) is 3. The Hall–Kier alpha value is -1.14. The molecule has 2 heterocycles. The molecular weight excluding hydrogens is 278 g/mol. The lowest BCUT2D eigenvalue weighted by atomic mass is 10.2. The van der Waals surface area contributed by atoms with Crippen LogP contribution in [-0.4, -0.2) is 20.7 Å². The van der Waals surface area contributed by atoms with Gasteiger partial charge in [-0.15, -0.1) is 11.3 Å². The molecule has 0 aromatic carbocycles. The van der Waals surface area contributed by atoms with Crippen LogP contribution in [0.15, 0.2) is 22.4 Å². The number of thiazole rings is 1. The maximum atomic E-state index is 11.9. The van der Waals surface area contributed by atoms with Gasteiger partial charge in [0.1, 0.15) is 17.7 Å². The van der Waals surface area contributed by atoms with E-state index in [0.29, 0.717) is 15.9 Å². The molecule has 0 atom stereocenters. The number of carbonyl (C=O) groups excluding carboxylic acids is 1. The normalized spacial score (nSPS) is 10.3. The summed E-state index contributed by atoms with van der Waals surface area (Å²) in [7, 11) is 0. The summed E-state index contributed by atoms with van der Waals surface area (Å²) >= 11 is 4.67. The van der Waals surface area contributed by atoms with Gasteiger partial charge in [0.05, 0.1) is 9.48 Å². The van der Waals surface area contributed by atoms with Crippen LogP contribution < -0.4 is 0 Å². The molecule has 0 unspecified atom stereocenters. The standard InChI is InChI=1S/C9H6BrN3OS/c1-5-13-7(3-15-5)9(14)8-6(10)2-11-4-12-8/h2-4H,1H3. The second-order valence-electron chi connectivity index (χ2n) is 2.80. The van der Waals surface area contributed by atoms with Gasteiger partial charge in [0.25, 0.3) is 0 Å². The van der Waals surface area contributed by atoms with E-state index in [2.05, 4.69) is 30.9 Å². The lowest BCUT2D eigenvalue weighted by molar-refractivity contribution is 0.102. The van der Waals surface area contributed by atoms with Gasteiger partial charge in [0.15, 0.2) is 0 Å². The van der Waals surface area contributed by atoms with E-state index >= 15 is 0 Å². The van der Waals surface area contributed by atoms with Crippen molar-refractivity contribution in [1.82, 2.24) is 15.0 Å². The van der Waals surface area contributed by atoms with Crippen LogP contribution in [0.5, 0.6) is 0 Å². The summed E-state index contributed by atoms with van der Waals surface area (Å²) in [5.74, 6) is -0.186. The van der Waals surface area contributed by atoms with E-state index < -0.39 is 0 Å². The Morgan fingerprint density at radius 2 is 2.33 bits per heavy atom. The van der Waals surface area contributed by atoms with E-state index in [4.69, 9.17) is 0 Å². The smallest absolute Gasteiger partial charge is 0.231 e. The first-order chi connectivity index (χ1) is 7.18. The molecule has 76 valence electrons. The van der Waals surface area contributed by atoms with Crippen LogP contribution in [0, 0.1) is 6.92 Å². The predicted molar refractivity (Wildman–Crippen MR) is 60.0 cm³/mol. The van der Waals surface area contributed by atoms with Gasteiger partial charge in [0.2, 0.25) is 5.78 Å². The Labute approximate surface area is 98.5 Å². The zero-order valence-corrected chi connectivity index (χ0v) is 10.2. The average Bonchev–Trinajstić information content (AvgIpc) is 2.65. The largest absolute Gasteiger partial charge is 0.285 e. The zero-order valence-electron chi connectivity index (χ0n) is 7.77. The summed E-state index contributed by atoms with van der Waals surface area (Å²) in [5.41, 5.74) is 0.771. The predicted octanol–water partition coefficient (Wildman–Crippen LogP) is 2.24. The molecule has 0 amide bonds. The van der Waals surface area contributed by atoms with Crippen LogP contribution in [0.4, 0.5) is 0 Å². The number of hydrogen-bond acceptors (Lipinski definition) is 5. The molecule has 0 aliphatic carbocycles. The lowest BCUT2D eigenvalue weighted by Crippen LogP contribution is -2.05. The highest BCUT2D eigenvalue weighted by Crippen LogP contribution is 2.17. The summed E-state index contributed by atoms with van der Waals surface area (Å²) in [6.07, 6.45) is 2.89. The van der Waals surface area contributed by atoms with Crippen molar-refractivity contribution in [2.24, 2.45) is 0 Å². The molecule has 2 aromatic heterocycles. The van der Waals surface area contributed by atoms with Crippen LogP contribution in [0.3, 0.4) is 0 Å². The fraction of sp³-hybridized carbons (Fsp3) is 0.111. The Kier molecular flexibility index (Phi) is 2.88. The number of aromatic nitrogens is 3. The fourth-order valence-electron chi connectivity index (χ4n) is 1.07. The molecule has 6 heteroatoms. The van der Waals surface area contributed by atoms with Crippen molar-refractivity contribution in [3.63, 3.8) is 0 Å². The minimum atomic E-state index is -0.186. The minimum Gasteiger partial charge on any atom is -0.285 e. The van der Waals surface area contributed by atoms with Gasteiger partial charge in [-0.05, 0) is 22.9 Å². The molecule has 0 bridgehead atoms. The molecule has 2 aromatic rings. The summed E-state index contributed by atoms with van der Waals surface area (Å²) in [5, 5.41) is 2.59. The van der Waals surface area contributed by atoms with E-state index in [0.717, 1.165) is 5.01 Å². The van der Waals surface area contributed by atoms with Crippen LogP contribution in [-0.2, 0) is 0 Å². The van der Waals surface area contributed by atoms with Gasteiger partial charge in [-0.25, -0.2) is 15.0 Å². The summed E-state index contributed by atoms with van der Waals surface area (Å²) in [6.45, 7) is 1.86. The first-order valence-electron chi connectivity index (χ1n) is 4.11. The Morgan fingerprint density at radius 3 is 2.93 bits per heavy atom. The highest BCUT2D eigenvalue weighted by molar-refractivity contribution is 9.10. The quantitative estimate of drug-likeness (QED) is 0.793. The number of halogens is 1. The van der Waals surface area contributed by atoms with Gasteiger partial charge in [-0.2, -0.15) is 0 Å². The lowest BCUT2D eigenvalue weighted by Gasteiger charge is -1.97. The zero-order chi connectivity index (χ0) is 10.8. The summed E-state index contributed by atoms with van der Waals surface area (Å²) in [6, 6.07) is 0. The van der Waals surface area contributed by atoms with Crippen LogP contribution in [0.1, 0.15) is 21.2 Å². The molecule has 0 radical (unpaired) electrons. The van der Waals surface area contributed by atoms with Crippen molar-refractivity contribution in [3.8, 4) is 0 Å². The van der Waals surface area contributed by atoms with Crippen LogP contribution in [0.2, 0.25) is 0 Å². The van der Waals surface area contributed by atoms with Gasteiger partial charge in [-0.1, -0.05) is 0 Å². The van der Waals surface area contributed by atoms with Gasteiger partial charge < -0.3 is 0 Å². The molecule has 0 saturated carbocycles. The van der Waals surface area contributed by atoms with E-state index in [9.17, 15) is 4.79 Å². The molecule has 0 spiro atoms. The topological polar surface area (TPSA) is 55.7 Å². The Morgan fingerprint density at radius 1 is 1.53 bits per heavy atom. The van der Waals surface area contributed by atoms with Crippen LogP contribution >= 0.6 is 27.3 Å². The van der Waals surface area contributed by atoms with Gasteiger partial charge >= 0.3 is 0 Å². The second-order valence-corrected chi connectivity index (χ2v) is 4.72. The number of carbonyl (C=O) groups is 1. The number of hydrogen-bond donors (Lipinski definition) is 0. The molecule has 4 nitrogen and oxygen atoms in total. The molecule has 2 rings (SSSR count). The Balaban J connectivity index is 2.41. The SMILES string of the molecule is Cc1nc(C(=O)c2ncncc2Br)cs1. The maximum absolute atomic E-state index is 11.9. The van der Waals surface area contributed by atoms with E-state index in [1.807, 2.05) is 6.92 Å². The monoisotopic (exact) mass is 283 g/mol. The van der Waals surface area contributed by atoms with Crippen molar-refractivity contribution < 1.29 is 4.79 Å². The van der Waals surface area contributed by atoms with Gasteiger partial charge in [-0.3, -0.25) is 4.79 Å². The average molecular weight is 284 g/mol. The number of aryl methyl sites for hydroxylation is 1. The van der Waals surface area contributed by atoms with Gasteiger partial charge in [0, 0.05) is 11.6 Å². The first kappa shape index (κ1) is 10.4. The molecule has 0 N–H and O–H groups in total. The highest BCUT2D eigenvalue weighted by Gasteiger charge is 2.16. The minimum absolute atomic E-state index is 0.186. The molecule has 0 aliphatic rings. The first-order valence-corrected chi connectivity index (χ1v) is 5.78. The second kappa shape index (κ2) is 4.16. The van der Waals surface area contributed by atoms with Crippen molar-refractivity contribution in [3.05, 3.63) is 38.8 Å². The number of rotatable bonds is 2. The third kappa shape index (κ3) is 2.10. The van der Waals surface area contributed by atoms with Crippen LogP contribution in [0.25, 0.3) is 0 Å².